The Labute approximate surface area is 129 Å². The van der Waals surface area contributed by atoms with Gasteiger partial charge in [-0.2, -0.15) is 0 Å². The molecule has 1 heterocycles. The fourth-order valence-electron chi connectivity index (χ4n) is 1.64. The van der Waals surface area contributed by atoms with Crippen molar-refractivity contribution < 1.29 is 9.72 Å². The minimum Gasteiger partial charge on any atom is -0.380 e. The molecular formula is C13H13N3O3S2. The minimum atomic E-state index is -0.398. The summed E-state index contributed by atoms with van der Waals surface area (Å²) in [5, 5.41) is 15.7. The van der Waals surface area contributed by atoms with Crippen LogP contribution < -0.4 is 11.1 Å². The van der Waals surface area contributed by atoms with Gasteiger partial charge in [-0.05, 0) is 17.7 Å². The zero-order chi connectivity index (χ0) is 15.2. The number of para-hydroxylation sites is 1. The summed E-state index contributed by atoms with van der Waals surface area (Å²) in [6, 6.07) is 9.10. The first-order valence-electron chi connectivity index (χ1n) is 6.02. The lowest BCUT2D eigenvalue weighted by Gasteiger charge is -2.10. The van der Waals surface area contributed by atoms with Crippen molar-refractivity contribution in [2.75, 3.05) is 11.1 Å². The lowest BCUT2D eigenvalue weighted by molar-refractivity contribution is -0.380. The molecule has 0 aliphatic heterocycles. The molecule has 0 saturated carbocycles. The number of nitrogens with zero attached hydrogens (tertiary/aromatic N) is 1. The van der Waals surface area contributed by atoms with Crippen molar-refractivity contribution in [1.29, 1.82) is 0 Å². The molecule has 0 bridgehead atoms. The molecule has 2 rings (SSSR count). The van der Waals surface area contributed by atoms with E-state index in [1.54, 1.807) is 11.4 Å². The number of nitro groups is 1. The van der Waals surface area contributed by atoms with Crippen LogP contribution in [0.4, 0.5) is 10.7 Å². The second kappa shape index (κ2) is 7.09. The number of hydrogen-bond acceptors (Lipinski definition) is 6. The van der Waals surface area contributed by atoms with E-state index in [1.165, 1.54) is 11.8 Å². The molecule has 2 aromatic rings. The van der Waals surface area contributed by atoms with Crippen LogP contribution in [0.25, 0.3) is 0 Å². The number of thioether (sulfide) groups is 1. The van der Waals surface area contributed by atoms with Crippen LogP contribution >= 0.6 is 23.1 Å². The number of amides is 1. The number of thiophene rings is 1. The maximum Gasteiger partial charge on any atom is 0.324 e. The third-order valence-electron chi connectivity index (χ3n) is 2.56. The summed E-state index contributed by atoms with van der Waals surface area (Å²) in [5.41, 5.74) is 6.87. The zero-order valence-electron chi connectivity index (χ0n) is 10.9. The van der Waals surface area contributed by atoms with E-state index in [1.807, 2.05) is 24.3 Å². The van der Waals surface area contributed by atoms with Crippen molar-refractivity contribution in [2.24, 2.45) is 5.73 Å². The molecule has 8 heteroatoms. The molecule has 1 aromatic carbocycles. The van der Waals surface area contributed by atoms with Gasteiger partial charge in [0.1, 0.15) is 0 Å². The highest BCUT2D eigenvalue weighted by atomic mass is 32.2. The summed E-state index contributed by atoms with van der Waals surface area (Å²) < 4.78 is 0. The van der Waals surface area contributed by atoms with Crippen LogP contribution in [0.15, 0.2) is 40.6 Å². The van der Waals surface area contributed by atoms with Crippen LogP contribution in [0, 0.1) is 10.1 Å². The molecule has 21 heavy (non-hydrogen) atoms. The first-order valence-corrected chi connectivity index (χ1v) is 7.88. The summed E-state index contributed by atoms with van der Waals surface area (Å²) in [4.78, 5) is 22.0. The maximum atomic E-state index is 10.8. The van der Waals surface area contributed by atoms with Gasteiger partial charge in [0.05, 0.1) is 10.7 Å². The fraction of sp³-hybridized carbons (Fsp3) is 0.154. The number of hydrogen-bond donors (Lipinski definition) is 2. The molecule has 0 unspecified atom stereocenters. The van der Waals surface area contributed by atoms with Crippen molar-refractivity contribution in [2.45, 2.75) is 11.4 Å². The minimum absolute atomic E-state index is 0.128. The highest BCUT2D eigenvalue weighted by Gasteiger charge is 2.10. The number of rotatable bonds is 7. The number of carbonyl (C=O) groups is 1. The summed E-state index contributed by atoms with van der Waals surface area (Å²) in [6.07, 6.45) is 0. The lowest BCUT2D eigenvalue weighted by Crippen LogP contribution is -2.13. The van der Waals surface area contributed by atoms with Gasteiger partial charge in [-0.15, -0.1) is 11.8 Å². The number of benzene rings is 1. The molecule has 6 nitrogen and oxygen atoms in total. The third-order valence-corrected chi connectivity index (χ3v) is 4.58. The fourth-order valence-corrected chi connectivity index (χ4v) is 3.13. The van der Waals surface area contributed by atoms with Crippen LogP contribution in [-0.2, 0) is 11.3 Å². The molecule has 0 aliphatic carbocycles. The highest BCUT2D eigenvalue weighted by molar-refractivity contribution is 8.00. The first kappa shape index (κ1) is 15.3. The summed E-state index contributed by atoms with van der Waals surface area (Å²) in [5.74, 6) is -0.161. The first-order chi connectivity index (χ1) is 10.1. The summed E-state index contributed by atoms with van der Waals surface area (Å²) in [6.45, 7) is 0.485. The topological polar surface area (TPSA) is 98.3 Å². The largest absolute Gasteiger partial charge is 0.380 e. The van der Waals surface area contributed by atoms with E-state index in [4.69, 9.17) is 5.73 Å². The van der Waals surface area contributed by atoms with Gasteiger partial charge in [0, 0.05) is 28.6 Å². The van der Waals surface area contributed by atoms with Crippen molar-refractivity contribution >= 4 is 39.7 Å². The van der Waals surface area contributed by atoms with Gasteiger partial charge in [-0.3, -0.25) is 14.9 Å². The molecule has 3 N–H and O–H groups in total. The second-order valence-electron chi connectivity index (χ2n) is 4.16. The van der Waals surface area contributed by atoms with Crippen molar-refractivity contribution in [3.05, 3.63) is 51.4 Å². The standard InChI is InChI=1S/C13H13N3O3S2/c14-12(17)8-20-11-4-2-1-3-10(11)15-6-9-5-13(16(18)19)21-7-9/h1-5,7,15H,6,8H2,(H2,14,17). The van der Waals surface area contributed by atoms with Gasteiger partial charge in [0.2, 0.25) is 5.91 Å². The van der Waals surface area contributed by atoms with Gasteiger partial charge < -0.3 is 11.1 Å². The Kier molecular flexibility index (Phi) is 5.18. The monoisotopic (exact) mass is 323 g/mol. The molecule has 1 amide bonds. The molecule has 0 atom stereocenters. The Morgan fingerprint density at radius 3 is 2.86 bits per heavy atom. The summed E-state index contributed by atoms with van der Waals surface area (Å²) in [7, 11) is 0. The zero-order valence-corrected chi connectivity index (χ0v) is 12.6. The van der Waals surface area contributed by atoms with Crippen molar-refractivity contribution in [3.63, 3.8) is 0 Å². The predicted molar refractivity (Wildman–Crippen MR) is 84.7 cm³/mol. The normalized spacial score (nSPS) is 10.3. The molecule has 0 saturated heterocycles. The van der Waals surface area contributed by atoms with E-state index in [0.29, 0.717) is 6.54 Å². The van der Waals surface area contributed by atoms with E-state index in [0.717, 1.165) is 27.5 Å². The Hall–Kier alpha value is -2.06. The van der Waals surface area contributed by atoms with Gasteiger partial charge in [0.15, 0.2) is 0 Å². The molecule has 110 valence electrons. The smallest absolute Gasteiger partial charge is 0.324 e. The Bertz CT molecular complexity index is 658. The van der Waals surface area contributed by atoms with Crippen LogP contribution in [-0.4, -0.2) is 16.6 Å². The molecule has 1 aromatic heterocycles. The van der Waals surface area contributed by atoms with Gasteiger partial charge >= 0.3 is 5.00 Å². The van der Waals surface area contributed by atoms with Gasteiger partial charge in [-0.1, -0.05) is 23.5 Å². The van der Waals surface area contributed by atoms with E-state index >= 15 is 0 Å². The Balaban J connectivity index is 2.01. The highest BCUT2D eigenvalue weighted by Crippen LogP contribution is 2.28. The number of carbonyl (C=O) groups excluding carboxylic acids is 1. The number of anilines is 1. The van der Waals surface area contributed by atoms with Crippen LogP contribution in [0.2, 0.25) is 0 Å². The predicted octanol–water partition coefficient (Wildman–Crippen LogP) is 2.85. The number of nitrogens with one attached hydrogen (secondary N) is 1. The van der Waals surface area contributed by atoms with Crippen molar-refractivity contribution in [1.82, 2.24) is 0 Å². The average Bonchev–Trinajstić information content (AvgIpc) is 2.93. The average molecular weight is 323 g/mol. The van der Waals surface area contributed by atoms with Gasteiger partial charge in [-0.25, -0.2) is 0 Å². The van der Waals surface area contributed by atoms with Crippen molar-refractivity contribution in [3.8, 4) is 0 Å². The van der Waals surface area contributed by atoms with E-state index < -0.39 is 4.92 Å². The van der Waals surface area contributed by atoms with Gasteiger partial charge in [0.25, 0.3) is 0 Å². The maximum absolute atomic E-state index is 10.8. The third kappa shape index (κ3) is 4.47. The molecule has 0 spiro atoms. The van der Waals surface area contributed by atoms with Crippen LogP contribution in [0.3, 0.4) is 0 Å². The van der Waals surface area contributed by atoms with E-state index in [-0.39, 0.29) is 16.7 Å². The molecule has 0 fully saturated rings. The molecule has 0 radical (unpaired) electrons. The Morgan fingerprint density at radius 2 is 2.19 bits per heavy atom. The molecule has 0 aliphatic rings. The Morgan fingerprint density at radius 1 is 1.43 bits per heavy atom. The number of primary amides is 1. The lowest BCUT2D eigenvalue weighted by atomic mass is 10.3. The quantitative estimate of drug-likeness (QED) is 0.464. The van der Waals surface area contributed by atoms with E-state index in [2.05, 4.69) is 5.32 Å². The number of nitrogens with two attached hydrogens (primary N) is 1. The van der Waals surface area contributed by atoms with Crippen LogP contribution in [0.1, 0.15) is 5.56 Å². The van der Waals surface area contributed by atoms with Crippen LogP contribution in [0.5, 0.6) is 0 Å². The summed E-state index contributed by atoms with van der Waals surface area (Å²) >= 11 is 2.46. The van der Waals surface area contributed by atoms with E-state index in [9.17, 15) is 14.9 Å². The molecular weight excluding hydrogens is 310 g/mol. The second-order valence-corrected chi connectivity index (χ2v) is 6.06. The SMILES string of the molecule is NC(=O)CSc1ccccc1NCc1csc([N+](=O)[O-])c1.